The molecule has 0 aromatic carbocycles. The maximum atomic E-state index is 11.8. The average molecular weight is 253 g/mol. The monoisotopic (exact) mass is 253 g/mol. The first-order valence-corrected chi connectivity index (χ1v) is 6.78. The van der Waals surface area contributed by atoms with Gasteiger partial charge in [0.25, 0.3) is 0 Å². The molecule has 4 heteroatoms. The molecule has 0 aliphatic heterocycles. The Morgan fingerprint density at radius 3 is 2.39 bits per heavy atom. The number of hydrogen-bond acceptors (Lipinski definition) is 2. The molecule has 0 saturated heterocycles. The lowest BCUT2D eigenvalue weighted by Crippen LogP contribution is -2.46. The Hall–Kier alpha value is -1.06. The van der Waals surface area contributed by atoms with Crippen molar-refractivity contribution in [3.63, 3.8) is 0 Å². The van der Waals surface area contributed by atoms with Crippen LogP contribution in [0, 0.1) is 16.7 Å². The lowest BCUT2D eigenvalue weighted by atomic mass is 9.69. The van der Waals surface area contributed by atoms with Crippen LogP contribution in [0.25, 0.3) is 0 Å². The summed E-state index contributed by atoms with van der Waals surface area (Å²) >= 11 is 0. The van der Waals surface area contributed by atoms with E-state index in [0.29, 0.717) is 5.92 Å². The second kappa shape index (κ2) is 4.25. The fraction of sp³-hybridized carbons (Fsp3) is 0.857. The van der Waals surface area contributed by atoms with E-state index in [9.17, 15) is 9.59 Å². The molecule has 0 aromatic heterocycles. The number of fused-ring (bicyclic) bond motifs is 2. The van der Waals surface area contributed by atoms with Crippen molar-refractivity contribution >= 4 is 11.9 Å². The first kappa shape index (κ1) is 13.4. The molecule has 2 aliphatic carbocycles. The van der Waals surface area contributed by atoms with Crippen molar-refractivity contribution < 1.29 is 14.7 Å². The maximum Gasteiger partial charge on any atom is 0.303 e. The zero-order valence-electron chi connectivity index (χ0n) is 11.5. The van der Waals surface area contributed by atoms with Crippen LogP contribution < -0.4 is 5.32 Å². The number of carboxylic acid groups (broad SMARTS) is 1. The van der Waals surface area contributed by atoms with Crippen molar-refractivity contribution in [2.45, 2.75) is 58.9 Å². The summed E-state index contributed by atoms with van der Waals surface area (Å²) in [4.78, 5) is 22.2. The molecule has 102 valence electrons. The van der Waals surface area contributed by atoms with Gasteiger partial charge in [-0.2, -0.15) is 0 Å². The number of carboxylic acids is 1. The van der Waals surface area contributed by atoms with Crippen LogP contribution in [0.15, 0.2) is 0 Å². The van der Waals surface area contributed by atoms with Crippen molar-refractivity contribution in [3.05, 3.63) is 0 Å². The molecule has 0 radical (unpaired) electrons. The highest BCUT2D eigenvalue weighted by Crippen LogP contribution is 2.65. The smallest absolute Gasteiger partial charge is 0.303 e. The van der Waals surface area contributed by atoms with E-state index in [1.54, 1.807) is 0 Å². The van der Waals surface area contributed by atoms with E-state index in [1.165, 1.54) is 6.42 Å². The normalized spacial score (nSPS) is 36.6. The third-order valence-corrected chi connectivity index (χ3v) is 5.70. The molecule has 0 spiro atoms. The topological polar surface area (TPSA) is 66.4 Å². The Morgan fingerprint density at radius 1 is 1.28 bits per heavy atom. The minimum atomic E-state index is -0.912. The van der Waals surface area contributed by atoms with E-state index in [2.05, 4.69) is 26.1 Å². The van der Waals surface area contributed by atoms with Gasteiger partial charge < -0.3 is 10.4 Å². The SMILES string of the molecule is CC1(C)[C@@H]2CC[C@]1(C)[C@H](NC(=O)CCC(=O)O)C2. The van der Waals surface area contributed by atoms with E-state index in [1.807, 2.05) is 0 Å². The fourth-order valence-electron chi connectivity index (χ4n) is 3.91. The Labute approximate surface area is 108 Å². The number of nitrogens with one attached hydrogen (secondary N) is 1. The van der Waals surface area contributed by atoms with E-state index < -0.39 is 5.97 Å². The second-order valence-corrected chi connectivity index (χ2v) is 6.62. The highest BCUT2D eigenvalue weighted by molar-refractivity contribution is 5.80. The highest BCUT2D eigenvalue weighted by Gasteiger charge is 2.61. The molecular formula is C14H23NO3. The van der Waals surface area contributed by atoms with Crippen LogP contribution >= 0.6 is 0 Å². The van der Waals surface area contributed by atoms with Crippen LogP contribution in [0.4, 0.5) is 0 Å². The van der Waals surface area contributed by atoms with Crippen LogP contribution in [-0.2, 0) is 9.59 Å². The molecule has 0 unspecified atom stereocenters. The molecule has 2 N–H and O–H groups in total. The minimum Gasteiger partial charge on any atom is -0.481 e. The van der Waals surface area contributed by atoms with Gasteiger partial charge in [-0.25, -0.2) is 0 Å². The number of carbonyl (C=O) groups excluding carboxylic acids is 1. The van der Waals surface area contributed by atoms with Gasteiger partial charge in [-0.15, -0.1) is 0 Å². The number of carbonyl (C=O) groups is 2. The van der Waals surface area contributed by atoms with Gasteiger partial charge in [0, 0.05) is 12.5 Å². The molecule has 18 heavy (non-hydrogen) atoms. The summed E-state index contributed by atoms with van der Waals surface area (Å²) in [6.45, 7) is 6.87. The molecule has 0 aromatic rings. The predicted octanol–water partition coefficient (Wildman–Crippen LogP) is 2.18. The standard InChI is InChI=1S/C14H23NO3/c1-13(2)9-6-7-14(13,3)10(8-9)15-11(16)4-5-12(17)18/h9-10H,4-8H2,1-3H3,(H,15,16)(H,17,18)/t9-,10-,14-/m1/s1. The quantitative estimate of drug-likeness (QED) is 0.807. The average Bonchev–Trinajstić information content (AvgIpc) is 2.59. The largest absolute Gasteiger partial charge is 0.481 e. The zero-order valence-corrected chi connectivity index (χ0v) is 11.5. The van der Waals surface area contributed by atoms with Crippen LogP contribution in [0.2, 0.25) is 0 Å². The first-order valence-electron chi connectivity index (χ1n) is 6.78. The van der Waals surface area contributed by atoms with Gasteiger partial charge >= 0.3 is 5.97 Å². The molecule has 2 saturated carbocycles. The number of aliphatic carboxylic acids is 1. The van der Waals surface area contributed by atoms with Gasteiger partial charge in [0.1, 0.15) is 0 Å². The summed E-state index contributed by atoms with van der Waals surface area (Å²) in [6, 6.07) is 0.215. The van der Waals surface area contributed by atoms with Crippen molar-refractivity contribution in [2.75, 3.05) is 0 Å². The lowest BCUT2D eigenvalue weighted by Gasteiger charge is -2.39. The van der Waals surface area contributed by atoms with Crippen molar-refractivity contribution in [3.8, 4) is 0 Å². The van der Waals surface area contributed by atoms with E-state index in [4.69, 9.17) is 5.11 Å². The number of rotatable bonds is 4. The molecule has 2 aliphatic rings. The van der Waals surface area contributed by atoms with E-state index in [0.717, 1.165) is 12.8 Å². The maximum absolute atomic E-state index is 11.8. The van der Waals surface area contributed by atoms with Gasteiger partial charge in [0.2, 0.25) is 5.91 Å². The summed E-state index contributed by atoms with van der Waals surface area (Å²) in [5, 5.41) is 11.6. The van der Waals surface area contributed by atoms with E-state index in [-0.39, 0.29) is 35.6 Å². The van der Waals surface area contributed by atoms with Crippen LogP contribution in [0.1, 0.15) is 52.9 Å². The van der Waals surface area contributed by atoms with Gasteiger partial charge in [-0.05, 0) is 36.0 Å². The zero-order chi connectivity index (χ0) is 13.6. The summed E-state index contributed by atoms with van der Waals surface area (Å²) in [5.41, 5.74) is 0.439. The summed E-state index contributed by atoms with van der Waals surface area (Å²) in [5.74, 6) is -0.344. The Kier molecular flexibility index (Phi) is 3.16. The fourth-order valence-corrected chi connectivity index (χ4v) is 3.91. The number of hydrogen-bond donors (Lipinski definition) is 2. The van der Waals surface area contributed by atoms with Crippen LogP contribution in [0.5, 0.6) is 0 Å². The molecule has 1 amide bonds. The molecule has 0 heterocycles. The van der Waals surface area contributed by atoms with Gasteiger partial charge in [0.15, 0.2) is 0 Å². The molecular weight excluding hydrogens is 230 g/mol. The summed E-state index contributed by atoms with van der Waals surface area (Å²) in [7, 11) is 0. The van der Waals surface area contributed by atoms with Crippen LogP contribution in [-0.4, -0.2) is 23.0 Å². The Bertz CT molecular complexity index is 377. The minimum absolute atomic E-state index is 0.0813. The third-order valence-electron chi connectivity index (χ3n) is 5.70. The predicted molar refractivity (Wildman–Crippen MR) is 68.0 cm³/mol. The van der Waals surface area contributed by atoms with E-state index >= 15 is 0 Å². The molecule has 2 rings (SSSR count). The number of amides is 1. The van der Waals surface area contributed by atoms with Crippen molar-refractivity contribution in [2.24, 2.45) is 16.7 Å². The van der Waals surface area contributed by atoms with Gasteiger partial charge in [0.05, 0.1) is 6.42 Å². The van der Waals surface area contributed by atoms with Crippen molar-refractivity contribution in [1.29, 1.82) is 0 Å². The first-order chi connectivity index (χ1) is 8.27. The summed E-state index contributed by atoms with van der Waals surface area (Å²) in [6.07, 6.45) is 3.47. The molecule has 2 fully saturated rings. The molecule has 2 bridgehead atoms. The Balaban J connectivity index is 1.96. The molecule has 3 atom stereocenters. The van der Waals surface area contributed by atoms with Gasteiger partial charge in [-0.1, -0.05) is 20.8 Å². The lowest BCUT2D eigenvalue weighted by molar-refractivity contribution is -0.139. The molecule has 4 nitrogen and oxygen atoms in total. The summed E-state index contributed by atoms with van der Waals surface area (Å²) < 4.78 is 0. The van der Waals surface area contributed by atoms with Gasteiger partial charge in [-0.3, -0.25) is 9.59 Å². The van der Waals surface area contributed by atoms with Crippen LogP contribution in [0.3, 0.4) is 0 Å². The Morgan fingerprint density at radius 2 is 1.94 bits per heavy atom. The second-order valence-electron chi connectivity index (χ2n) is 6.62. The third kappa shape index (κ3) is 1.91. The van der Waals surface area contributed by atoms with Crippen molar-refractivity contribution in [1.82, 2.24) is 5.32 Å². The highest BCUT2D eigenvalue weighted by atomic mass is 16.4.